The van der Waals surface area contributed by atoms with E-state index in [0.717, 1.165) is 22.2 Å². The molecule has 40 heavy (non-hydrogen) atoms. The summed E-state index contributed by atoms with van der Waals surface area (Å²) in [5.74, 6) is 0.483. The Kier molecular flexibility index (Phi) is 5.07. The van der Waals surface area contributed by atoms with Gasteiger partial charge in [-0.1, -0.05) is 72.8 Å². The molecule has 0 aliphatic carbocycles. The molecule has 5 heteroatoms. The predicted octanol–water partition coefficient (Wildman–Crippen LogP) is 8.72. The molecule has 0 saturated heterocycles. The van der Waals surface area contributed by atoms with E-state index in [2.05, 4.69) is 118 Å². The first-order chi connectivity index (χ1) is 19.8. The maximum absolute atomic E-state index is 5.89. The van der Waals surface area contributed by atoms with E-state index in [4.69, 9.17) is 9.40 Å². The summed E-state index contributed by atoms with van der Waals surface area (Å²) in [6.45, 7) is 0. The summed E-state index contributed by atoms with van der Waals surface area (Å²) in [5, 5.41) is 2.40. The fraction of sp³-hybridized carbons (Fsp3) is 0. The highest BCUT2D eigenvalue weighted by Gasteiger charge is 2.16. The molecule has 5 nitrogen and oxygen atoms in total. The highest BCUT2D eigenvalue weighted by atomic mass is 16.3. The lowest BCUT2D eigenvalue weighted by molar-refractivity contribution is 0.615. The van der Waals surface area contributed by atoms with E-state index >= 15 is 0 Å². The summed E-state index contributed by atoms with van der Waals surface area (Å²) < 4.78 is 8.17. The summed E-state index contributed by atoms with van der Waals surface area (Å²) in [6.07, 6.45) is 5.27. The molecule has 8 rings (SSSR count). The van der Waals surface area contributed by atoms with Gasteiger partial charge in [-0.15, -0.1) is 0 Å². The van der Waals surface area contributed by atoms with Crippen LogP contribution in [0.15, 0.2) is 138 Å². The lowest BCUT2D eigenvalue weighted by Crippen LogP contribution is -1.95. The lowest BCUT2D eigenvalue weighted by Gasteiger charge is -2.09. The third-order valence-corrected chi connectivity index (χ3v) is 7.40. The molecule has 4 heterocycles. The van der Waals surface area contributed by atoms with Crippen molar-refractivity contribution in [1.29, 1.82) is 0 Å². The van der Waals surface area contributed by atoms with Gasteiger partial charge in [-0.05, 0) is 64.7 Å². The van der Waals surface area contributed by atoms with Gasteiger partial charge in [0, 0.05) is 17.0 Å². The number of pyridine rings is 2. The SMILES string of the molecule is c1ccc(-c2ccc3c(c2)c2cc(-c4ccccc4)ccc2n3-c2ccc(-c3nc4ccncc4o3)nc2)cc1. The number of rotatable bonds is 4. The minimum atomic E-state index is 0.483. The van der Waals surface area contributed by atoms with Gasteiger partial charge in [-0.25, -0.2) is 9.97 Å². The molecule has 0 radical (unpaired) electrons. The maximum atomic E-state index is 5.89. The van der Waals surface area contributed by atoms with E-state index in [9.17, 15) is 0 Å². The summed E-state index contributed by atoms with van der Waals surface area (Å²) >= 11 is 0. The number of hydrogen-bond acceptors (Lipinski definition) is 4. The lowest BCUT2D eigenvalue weighted by atomic mass is 10.0. The molecule has 8 aromatic rings. The molecular weight excluding hydrogens is 492 g/mol. The van der Waals surface area contributed by atoms with Gasteiger partial charge in [0.15, 0.2) is 5.58 Å². The van der Waals surface area contributed by atoms with Crippen molar-refractivity contribution in [2.75, 3.05) is 0 Å². The standard InChI is InChI=1S/C35H22N4O/c1-3-7-23(8-4-1)25-11-15-32-28(19-25)29-20-26(24-9-5-2-6-10-24)12-16-33(29)39(32)27-13-14-31(37-21-27)35-38-30-17-18-36-22-34(30)40-35/h1-22H. The average molecular weight is 515 g/mol. The Bertz CT molecular complexity index is 2010. The fourth-order valence-corrected chi connectivity index (χ4v) is 5.46. The van der Waals surface area contributed by atoms with E-state index in [0.29, 0.717) is 17.2 Å². The smallest absolute Gasteiger partial charge is 0.246 e. The first kappa shape index (κ1) is 22.4. The number of nitrogens with zero attached hydrogens (tertiary/aromatic N) is 4. The van der Waals surface area contributed by atoms with Crippen molar-refractivity contribution in [3.63, 3.8) is 0 Å². The minimum Gasteiger partial charge on any atom is -0.433 e. The maximum Gasteiger partial charge on any atom is 0.246 e. The predicted molar refractivity (Wildman–Crippen MR) is 160 cm³/mol. The van der Waals surface area contributed by atoms with Crippen LogP contribution < -0.4 is 0 Å². The van der Waals surface area contributed by atoms with E-state index < -0.39 is 0 Å². The molecule has 0 bridgehead atoms. The molecule has 0 unspecified atom stereocenters. The second-order valence-corrected chi connectivity index (χ2v) is 9.80. The second-order valence-electron chi connectivity index (χ2n) is 9.80. The Morgan fingerprint density at radius 2 is 1.23 bits per heavy atom. The minimum absolute atomic E-state index is 0.483. The van der Waals surface area contributed by atoms with E-state index in [1.807, 2.05) is 18.3 Å². The molecular formula is C35H22N4O. The molecule has 0 aliphatic heterocycles. The van der Waals surface area contributed by atoms with E-state index in [1.54, 1.807) is 12.4 Å². The third kappa shape index (κ3) is 3.68. The number of hydrogen-bond donors (Lipinski definition) is 0. The highest BCUT2D eigenvalue weighted by molar-refractivity contribution is 6.11. The average Bonchev–Trinajstić information content (AvgIpc) is 3.61. The van der Waals surface area contributed by atoms with Crippen molar-refractivity contribution in [1.82, 2.24) is 19.5 Å². The molecule has 0 atom stereocenters. The monoisotopic (exact) mass is 514 g/mol. The summed E-state index contributed by atoms with van der Waals surface area (Å²) in [6, 6.07) is 40.3. The van der Waals surface area contributed by atoms with Crippen LogP contribution in [0.5, 0.6) is 0 Å². The Morgan fingerprint density at radius 3 is 1.80 bits per heavy atom. The third-order valence-electron chi connectivity index (χ3n) is 7.40. The van der Waals surface area contributed by atoms with Gasteiger partial charge in [0.2, 0.25) is 5.89 Å². The van der Waals surface area contributed by atoms with Crippen LogP contribution >= 0.6 is 0 Å². The van der Waals surface area contributed by atoms with E-state index in [-0.39, 0.29) is 0 Å². The first-order valence-electron chi connectivity index (χ1n) is 13.2. The van der Waals surface area contributed by atoms with Crippen LogP contribution in [-0.4, -0.2) is 19.5 Å². The summed E-state index contributed by atoms with van der Waals surface area (Å²) in [7, 11) is 0. The zero-order chi connectivity index (χ0) is 26.5. The zero-order valence-corrected chi connectivity index (χ0v) is 21.4. The Balaban J connectivity index is 1.31. The number of aromatic nitrogens is 4. The number of oxazole rings is 1. The van der Waals surface area contributed by atoms with Gasteiger partial charge in [0.1, 0.15) is 11.2 Å². The van der Waals surface area contributed by atoms with Crippen LogP contribution in [0, 0.1) is 0 Å². The van der Waals surface area contributed by atoms with Crippen molar-refractivity contribution < 1.29 is 4.42 Å². The van der Waals surface area contributed by atoms with Crippen molar-refractivity contribution in [3.8, 4) is 39.5 Å². The molecule has 0 aliphatic rings. The fourth-order valence-electron chi connectivity index (χ4n) is 5.46. The van der Waals surface area contributed by atoms with Gasteiger partial charge in [0.25, 0.3) is 0 Å². The normalized spacial score (nSPS) is 11.5. The molecule has 188 valence electrons. The van der Waals surface area contributed by atoms with Gasteiger partial charge in [0.05, 0.1) is 29.1 Å². The molecule has 4 aromatic heterocycles. The van der Waals surface area contributed by atoms with Crippen molar-refractivity contribution >= 4 is 32.9 Å². The Labute approximate surface area is 230 Å². The van der Waals surface area contributed by atoms with Crippen molar-refractivity contribution in [3.05, 3.63) is 134 Å². The second kappa shape index (κ2) is 9.03. The molecule has 0 amide bonds. The highest BCUT2D eigenvalue weighted by Crippen LogP contribution is 2.37. The van der Waals surface area contributed by atoms with Crippen LogP contribution in [0.2, 0.25) is 0 Å². The Hall–Kier alpha value is -5.55. The van der Waals surface area contributed by atoms with Crippen LogP contribution in [-0.2, 0) is 0 Å². The van der Waals surface area contributed by atoms with Gasteiger partial charge in [-0.3, -0.25) is 4.98 Å². The molecule has 0 N–H and O–H groups in total. The quantitative estimate of drug-likeness (QED) is 0.236. The van der Waals surface area contributed by atoms with Crippen LogP contribution in [0.25, 0.3) is 72.4 Å². The molecule has 0 spiro atoms. The van der Waals surface area contributed by atoms with Crippen LogP contribution in [0.3, 0.4) is 0 Å². The van der Waals surface area contributed by atoms with Gasteiger partial charge >= 0.3 is 0 Å². The number of fused-ring (bicyclic) bond motifs is 4. The number of benzene rings is 4. The van der Waals surface area contributed by atoms with Crippen LogP contribution in [0.1, 0.15) is 0 Å². The largest absolute Gasteiger partial charge is 0.433 e. The van der Waals surface area contributed by atoms with Crippen LogP contribution in [0.4, 0.5) is 0 Å². The molecule has 4 aromatic carbocycles. The van der Waals surface area contributed by atoms with E-state index in [1.165, 1.54) is 33.0 Å². The van der Waals surface area contributed by atoms with Crippen molar-refractivity contribution in [2.45, 2.75) is 0 Å². The summed E-state index contributed by atoms with van der Waals surface area (Å²) in [5.41, 5.74) is 10.1. The van der Waals surface area contributed by atoms with Crippen molar-refractivity contribution in [2.24, 2.45) is 0 Å². The van der Waals surface area contributed by atoms with Gasteiger partial charge in [-0.2, -0.15) is 0 Å². The van der Waals surface area contributed by atoms with Gasteiger partial charge < -0.3 is 8.98 Å². The Morgan fingerprint density at radius 1 is 0.575 bits per heavy atom. The first-order valence-corrected chi connectivity index (χ1v) is 13.2. The zero-order valence-electron chi connectivity index (χ0n) is 21.4. The molecule has 0 saturated carbocycles. The topological polar surface area (TPSA) is 56.7 Å². The summed E-state index contributed by atoms with van der Waals surface area (Å²) in [4.78, 5) is 13.4. The molecule has 0 fully saturated rings.